The molecule has 2 aromatic rings. The van der Waals surface area contributed by atoms with Gasteiger partial charge in [0, 0.05) is 31.9 Å². The Morgan fingerprint density at radius 3 is 2.38 bits per heavy atom. The summed E-state index contributed by atoms with van der Waals surface area (Å²) in [6.45, 7) is 12.9. The molecule has 0 unspecified atom stereocenters. The smallest absolute Gasteiger partial charge is 0.300 e. The number of ether oxygens (including phenoxy) is 1. The summed E-state index contributed by atoms with van der Waals surface area (Å²) in [5, 5.41) is 19.6. The Balaban J connectivity index is 1.41. The van der Waals surface area contributed by atoms with E-state index < -0.39 is 4.92 Å². The number of nitro benzene ring substituents is 1. The lowest BCUT2D eigenvalue weighted by Crippen LogP contribution is -2.68. The Labute approximate surface area is 188 Å². The van der Waals surface area contributed by atoms with E-state index in [2.05, 4.69) is 39.1 Å². The molecule has 9 nitrogen and oxygen atoms in total. The number of rotatable bonds is 9. The molecule has 0 N–H and O–H groups in total. The van der Waals surface area contributed by atoms with Gasteiger partial charge in [-0.15, -0.1) is 5.11 Å². The Morgan fingerprint density at radius 2 is 1.78 bits per heavy atom. The van der Waals surface area contributed by atoms with Crippen LogP contribution in [-0.4, -0.2) is 80.3 Å². The fourth-order valence-electron chi connectivity index (χ4n) is 4.57. The van der Waals surface area contributed by atoms with Crippen molar-refractivity contribution in [3.05, 3.63) is 52.6 Å². The lowest BCUT2D eigenvalue weighted by Gasteiger charge is -2.51. The van der Waals surface area contributed by atoms with Crippen molar-refractivity contribution in [2.45, 2.75) is 6.92 Å². The zero-order chi connectivity index (χ0) is 22.6. The number of quaternary nitrogens is 1. The molecule has 0 saturated carbocycles. The van der Waals surface area contributed by atoms with E-state index in [1.54, 1.807) is 12.1 Å². The van der Waals surface area contributed by atoms with E-state index in [4.69, 9.17) is 4.74 Å². The molecular weight excluding hydrogens is 408 g/mol. The predicted octanol–water partition coefficient (Wildman–Crippen LogP) is 3.99. The van der Waals surface area contributed by atoms with Crippen molar-refractivity contribution < 1.29 is 14.1 Å². The number of likely N-dealkylation sites (N-methyl/N-ethyl adjacent to an activating group) is 1. The summed E-state index contributed by atoms with van der Waals surface area (Å²) in [5.74, 6) is 0.414. The fourth-order valence-corrected chi connectivity index (χ4v) is 4.57. The number of methoxy groups -OCH3 is 1. The second kappa shape index (κ2) is 9.62. The summed E-state index contributed by atoms with van der Waals surface area (Å²) in [7, 11) is 1.47. The third-order valence-electron chi connectivity index (χ3n) is 6.77. The minimum absolute atomic E-state index is 0.132. The molecule has 9 heteroatoms. The predicted molar refractivity (Wildman–Crippen MR) is 124 cm³/mol. The summed E-state index contributed by atoms with van der Waals surface area (Å²) in [4.78, 5) is 15.8. The first-order valence-electron chi connectivity index (χ1n) is 11.2. The number of azo groups is 1. The summed E-state index contributed by atoms with van der Waals surface area (Å²) in [6, 6.07) is 12.4. The number of nitro groups is 1. The highest BCUT2D eigenvalue weighted by molar-refractivity contribution is 5.60. The molecule has 0 atom stereocenters. The Morgan fingerprint density at radius 1 is 1.09 bits per heavy atom. The zero-order valence-corrected chi connectivity index (χ0v) is 18.8. The molecule has 3 saturated heterocycles. The van der Waals surface area contributed by atoms with Gasteiger partial charge in [0.15, 0.2) is 5.69 Å². The first kappa shape index (κ1) is 22.2. The number of nitrogens with zero attached hydrogens (tertiary/aromatic N) is 6. The number of piperazine rings is 3. The average Bonchev–Trinajstić information content (AvgIpc) is 2.84. The number of benzene rings is 2. The van der Waals surface area contributed by atoms with Crippen molar-refractivity contribution in [1.29, 1.82) is 0 Å². The van der Waals surface area contributed by atoms with Crippen LogP contribution in [0, 0.1) is 10.1 Å². The van der Waals surface area contributed by atoms with Crippen LogP contribution in [0.2, 0.25) is 0 Å². The second-order valence-electron chi connectivity index (χ2n) is 8.49. The first-order chi connectivity index (χ1) is 15.5. The van der Waals surface area contributed by atoms with Crippen LogP contribution in [-0.2, 0) is 0 Å². The lowest BCUT2D eigenvalue weighted by atomic mass is 10.1. The molecule has 32 heavy (non-hydrogen) atoms. The molecule has 0 spiro atoms. The lowest BCUT2D eigenvalue weighted by molar-refractivity contribution is -0.939. The van der Waals surface area contributed by atoms with Gasteiger partial charge in [0.1, 0.15) is 5.75 Å². The quantitative estimate of drug-likeness (QED) is 0.255. The molecule has 3 fully saturated rings. The average molecular weight is 440 g/mol. The van der Waals surface area contributed by atoms with Crippen molar-refractivity contribution in [3.8, 4) is 5.75 Å². The van der Waals surface area contributed by atoms with Gasteiger partial charge in [0.2, 0.25) is 0 Å². The SMILES string of the molecule is CCN(CC[N+]12CCN(CC1)CC2)c1ccc(N=Nc2ccc(OC)cc2[N+](=O)[O-])cc1. The number of hydrogen-bond acceptors (Lipinski definition) is 7. The summed E-state index contributed by atoms with van der Waals surface area (Å²) < 4.78 is 6.31. The number of anilines is 1. The molecule has 3 aliphatic rings. The summed E-state index contributed by atoms with van der Waals surface area (Å²) in [6.07, 6.45) is 0. The van der Waals surface area contributed by atoms with Crippen LogP contribution in [0.5, 0.6) is 5.75 Å². The maximum Gasteiger partial charge on any atom is 0.300 e. The van der Waals surface area contributed by atoms with Gasteiger partial charge in [-0.25, -0.2) is 0 Å². The van der Waals surface area contributed by atoms with E-state index in [9.17, 15) is 10.1 Å². The number of hydrogen-bond donors (Lipinski definition) is 0. The highest BCUT2D eigenvalue weighted by Crippen LogP contribution is 2.33. The third kappa shape index (κ3) is 4.89. The van der Waals surface area contributed by atoms with Crippen LogP contribution in [0.1, 0.15) is 6.92 Å². The minimum Gasteiger partial charge on any atom is -0.496 e. The van der Waals surface area contributed by atoms with Crippen molar-refractivity contribution in [2.24, 2.45) is 10.2 Å². The third-order valence-corrected chi connectivity index (χ3v) is 6.77. The summed E-state index contributed by atoms with van der Waals surface area (Å²) in [5.41, 5.74) is 1.89. The fraction of sp³-hybridized carbons (Fsp3) is 0.478. The normalized spacial score (nSPS) is 22.2. The molecule has 0 aliphatic carbocycles. The highest BCUT2D eigenvalue weighted by atomic mass is 16.6. The maximum absolute atomic E-state index is 11.3. The standard InChI is InChI=1S/C23H31N6O3/c1-3-27(13-17-29-14-10-26(11-15-29)12-16-29)20-6-4-19(5-7-20)24-25-22-9-8-21(32-2)18-23(22)28(30)31/h4-9,18H,3,10-17H2,1-2H3/q+1. The zero-order valence-electron chi connectivity index (χ0n) is 18.8. The molecule has 2 aromatic carbocycles. The van der Waals surface area contributed by atoms with Crippen LogP contribution in [0.3, 0.4) is 0 Å². The van der Waals surface area contributed by atoms with E-state index in [0.717, 1.165) is 18.8 Å². The van der Waals surface area contributed by atoms with Crippen LogP contribution in [0.25, 0.3) is 0 Å². The second-order valence-corrected chi connectivity index (χ2v) is 8.49. The minimum atomic E-state index is -0.479. The van der Waals surface area contributed by atoms with Crippen molar-refractivity contribution >= 4 is 22.7 Å². The van der Waals surface area contributed by atoms with E-state index in [1.807, 2.05) is 12.1 Å². The van der Waals surface area contributed by atoms with E-state index in [-0.39, 0.29) is 11.4 Å². The largest absolute Gasteiger partial charge is 0.496 e. The van der Waals surface area contributed by atoms with E-state index >= 15 is 0 Å². The van der Waals surface area contributed by atoms with Gasteiger partial charge in [0.05, 0.1) is 56.5 Å². The molecule has 3 heterocycles. The van der Waals surface area contributed by atoms with Crippen molar-refractivity contribution in [1.82, 2.24) is 4.90 Å². The van der Waals surface area contributed by atoms with Gasteiger partial charge in [0.25, 0.3) is 5.69 Å². The van der Waals surface area contributed by atoms with Gasteiger partial charge in [-0.05, 0) is 43.3 Å². The van der Waals surface area contributed by atoms with Gasteiger partial charge in [-0.1, -0.05) is 0 Å². The van der Waals surface area contributed by atoms with Crippen LogP contribution < -0.4 is 9.64 Å². The molecule has 170 valence electrons. The first-order valence-corrected chi connectivity index (χ1v) is 11.2. The Hall–Kier alpha value is -3.04. The topological polar surface area (TPSA) is 83.6 Å². The van der Waals surface area contributed by atoms with E-state index in [0.29, 0.717) is 11.4 Å². The van der Waals surface area contributed by atoms with Crippen LogP contribution >= 0.6 is 0 Å². The molecular formula is C23H31N6O3+. The highest BCUT2D eigenvalue weighted by Gasteiger charge is 2.38. The summed E-state index contributed by atoms with van der Waals surface area (Å²) >= 11 is 0. The van der Waals surface area contributed by atoms with Crippen LogP contribution in [0.4, 0.5) is 22.7 Å². The Kier molecular flexibility index (Phi) is 6.66. The maximum atomic E-state index is 11.3. The van der Waals surface area contributed by atoms with Crippen molar-refractivity contribution in [3.63, 3.8) is 0 Å². The molecule has 0 aromatic heterocycles. The van der Waals surface area contributed by atoms with Crippen LogP contribution in [0.15, 0.2) is 52.7 Å². The van der Waals surface area contributed by atoms with Crippen molar-refractivity contribution in [2.75, 3.05) is 70.9 Å². The molecule has 5 rings (SSSR count). The van der Waals surface area contributed by atoms with Gasteiger partial charge < -0.3 is 14.1 Å². The van der Waals surface area contributed by atoms with Gasteiger partial charge in [-0.2, -0.15) is 5.11 Å². The number of fused-ring (bicyclic) bond motifs is 3. The van der Waals surface area contributed by atoms with Gasteiger partial charge >= 0.3 is 0 Å². The molecule has 2 bridgehead atoms. The Bertz CT molecular complexity index is 956. The molecule has 3 aliphatic heterocycles. The molecule has 0 amide bonds. The van der Waals surface area contributed by atoms with Gasteiger partial charge in [-0.3, -0.25) is 15.0 Å². The monoisotopic (exact) mass is 439 g/mol. The molecule has 0 radical (unpaired) electrons. The van der Waals surface area contributed by atoms with E-state index in [1.165, 1.54) is 63.5 Å².